The summed E-state index contributed by atoms with van der Waals surface area (Å²) in [6, 6.07) is 8.90. The average molecular weight is 276 g/mol. The summed E-state index contributed by atoms with van der Waals surface area (Å²) in [6.45, 7) is 5.06. The fourth-order valence-corrected chi connectivity index (χ4v) is 2.11. The highest BCUT2D eigenvalue weighted by Gasteiger charge is 2.08. The van der Waals surface area contributed by atoms with Crippen LogP contribution in [-0.2, 0) is 19.6 Å². The fraction of sp³-hybridized carbons (Fsp3) is 0.375. The first kappa shape index (κ1) is 14.8. The normalized spacial score (nSPS) is 11.2. The molecule has 20 heavy (non-hydrogen) atoms. The molecule has 0 fully saturated rings. The molecule has 0 radical (unpaired) electrons. The topological polar surface area (TPSA) is 28.4 Å². The van der Waals surface area contributed by atoms with E-state index in [-0.39, 0.29) is 5.82 Å². The van der Waals surface area contributed by atoms with Crippen molar-refractivity contribution in [3.8, 4) is 0 Å². The van der Waals surface area contributed by atoms with E-state index in [0.717, 1.165) is 24.4 Å². The molecule has 0 atom stereocenters. The molecule has 3 nitrogen and oxygen atoms in total. The number of hydrogen-bond donors (Lipinski definition) is 1. The van der Waals surface area contributed by atoms with Crippen LogP contribution in [0.4, 0.5) is 4.39 Å². The Labute approximate surface area is 119 Å². The average Bonchev–Trinajstić information content (AvgIpc) is 2.86. The molecule has 0 saturated heterocycles. The van der Waals surface area contributed by atoms with Crippen molar-refractivity contribution in [2.24, 2.45) is 0 Å². The minimum Gasteiger partial charge on any atom is -0.468 e. The van der Waals surface area contributed by atoms with Gasteiger partial charge >= 0.3 is 0 Å². The minimum absolute atomic E-state index is 0.161. The van der Waals surface area contributed by atoms with Gasteiger partial charge in [0.05, 0.1) is 12.8 Å². The van der Waals surface area contributed by atoms with Gasteiger partial charge in [0.1, 0.15) is 11.6 Å². The third-order valence-electron chi connectivity index (χ3n) is 3.11. The van der Waals surface area contributed by atoms with Crippen LogP contribution >= 0.6 is 0 Å². The van der Waals surface area contributed by atoms with Crippen LogP contribution in [0, 0.1) is 5.82 Å². The van der Waals surface area contributed by atoms with Crippen molar-refractivity contribution in [1.29, 1.82) is 0 Å². The van der Waals surface area contributed by atoms with E-state index in [1.165, 1.54) is 6.07 Å². The van der Waals surface area contributed by atoms with Crippen molar-refractivity contribution in [2.75, 3.05) is 13.6 Å². The van der Waals surface area contributed by atoms with Gasteiger partial charge in [0.15, 0.2) is 0 Å². The van der Waals surface area contributed by atoms with Gasteiger partial charge in [-0.25, -0.2) is 4.39 Å². The summed E-state index contributed by atoms with van der Waals surface area (Å²) in [5.74, 6) is 0.739. The quantitative estimate of drug-likeness (QED) is 0.842. The third-order valence-corrected chi connectivity index (χ3v) is 3.11. The maximum atomic E-state index is 13.6. The zero-order valence-corrected chi connectivity index (χ0v) is 12.0. The molecule has 2 rings (SSSR count). The Morgan fingerprint density at radius 2 is 2.05 bits per heavy atom. The highest BCUT2D eigenvalue weighted by Crippen LogP contribution is 2.13. The first-order valence-corrected chi connectivity index (χ1v) is 6.88. The van der Waals surface area contributed by atoms with Crippen LogP contribution in [0.1, 0.15) is 23.8 Å². The van der Waals surface area contributed by atoms with Crippen molar-refractivity contribution in [3.63, 3.8) is 0 Å². The van der Waals surface area contributed by atoms with E-state index >= 15 is 0 Å². The lowest BCUT2D eigenvalue weighted by molar-refractivity contribution is 0.284. The van der Waals surface area contributed by atoms with E-state index in [9.17, 15) is 4.39 Å². The van der Waals surface area contributed by atoms with E-state index in [0.29, 0.717) is 18.7 Å². The first-order chi connectivity index (χ1) is 9.69. The van der Waals surface area contributed by atoms with Crippen molar-refractivity contribution >= 4 is 0 Å². The lowest BCUT2D eigenvalue weighted by Gasteiger charge is -2.15. The Hall–Kier alpha value is -1.65. The lowest BCUT2D eigenvalue weighted by Crippen LogP contribution is -2.17. The molecule has 1 aromatic carbocycles. The molecule has 0 bridgehead atoms. The number of furan rings is 1. The highest BCUT2D eigenvalue weighted by molar-refractivity contribution is 5.17. The molecule has 1 aromatic heterocycles. The Morgan fingerprint density at radius 1 is 1.25 bits per heavy atom. The van der Waals surface area contributed by atoms with E-state index in [2.05, 4.69) is 12.2 Å². The SMILES string of the molecule is CCNCc1coc(CN(C)Cc2ccccc2F)c1. The molecule has 4 heteroatoms. The molecule has 0 amide bonds. The molecular formula is C16H21FN2O. The summed E-state index contributed by atoms with van der Waals surface area (Å²) in [5.41, 5.74) is 1.84. The van der Waals surface area contributed by atoms with Gasteiger partial charge in [-0.2, -0.15) is 0 Å². The molecule has 108 valence electrons. The Morgan fingerprint density at radius 3 is 2.80 bits per heavy atom. The van der Waals surface area contributed by atoms with Crippen LogP contribution < -0.4 is 5.32 Å². The fourth-order valence-electron chi connectivity index (χ4n) is 2.11. The van der Waals surface area contributed by atoms with Crippen molar-refractivity contribution in [1.82, 2.24) is 10.2 Å². The Kier molecular flexibility index (Phi) is 5.32. The molecule has 1 N–H and O–H groups in total. The number of hydrogen-bond acceptors (Lipinski definition) is 3. The molecule has 2 aromatic rings. The molecule has 0 unspecified atom stereocenters. The number of rotatable bonds is 7. The van der Waals surface area contributed by atoms with Crippen molar-refractivity contribution in [2.45, 2.75) is 26.6 Å². The third kappa shape index (κ3) is 4.18. The number of nitrogens with one attached hydrogen (secondary N) is 1. The van der Waals surface area contributed by atoms with Gasteiger partial charge < -0.3 is 9.73 Å². The summed E-state index contributed by atoms with van der Waals surface area (Å²) in [5, 5.41) is 3.26. The zero-order valence-electron chi connectivity index (χ0n) is 12.0. The van der Waals surface area contributed by atoms with Gasteiger partial charge in [-0.3, -0.25) is 4.90 Å². The minimum atomic E-state index is -0.161. The standard InChI is InChI=1S/C16H21FN2O/c1-3-18-9-13-8-15(20-12-13)11-19(2)10-14-6-4-5-7-16(14)17/h4-8,12,18H,3,9-11H2,1-2H3. The summed E-state index contributed by atoms with van der Waals surface area (Å²) in [7, 11) is 1.96. The van der Waals surface area contributed by atoms with Crippen molar-refractivity contribution in [3.05, 3.63) is 59.3 Å². The van der Waals surface area contributed by atoms with E-state index in [1.54, 1.807) is 12.3 Å². The molecule has 0 spiro atoms. The van der Waals surface area contributed by atoms with E-state index in [4.69, 9.17) is 4.42 Å². The summed E-state index contributed by atoms with van der Waals surface area (Å²) in [6.07, 6.45) is 1.77. The van der Waals surface area contributed by atoms with Gasteiger partial charge in [-0.15, -0.1) is 0 Å². The van der Waals surface area contributed by atoms with Crippen LogP contribution in [0.5, 0.6) is 0 Å². The molecular weight excluding hydrogens is 255 g/mol. The molecule has 0 aliphatic carbocycles. The lowest BCUT2D eigenvalue weighted by atomic mass is 10.2. The first-order valence-electron chi connectivity index (χ1n) is 6.88. The summed E-state index contributed by atoms with van der Waals surface area (Å²) in [4.78, 5) is 2.04. The van der Waals surface area contributed by atoms with Crippen LogP contribution in [0.15, 0.2) is 41.0 Å². The van der Waals surface area contributed by atoms with Gasteiger partial charge in [-0.05, 0) is 25.7 Å². The van der Waals surface area contributed by atoms with Crippen molar-refractivity contribution < 1.29 is 8.81 Å². The summed E-state index contributed by atoms with van der Waals surface area (Å²) >= 11 is 0. The predicted molar refractivity (Wildman–Crippen MR) is 77.7 cm³/mol. The maximum absolute atomic E-state index is 13.6. The highest BCUT2D eigenvalue weighted by atomic mass is 19.1. The Bertz CT molecular complexity index is 539. The van der Waals surface area contributed by atoms with Gasteiger partial charge in [0, 0.05) is 24.2 Å². The molecule has 0 aliphatic rings. The second-order valence-corrected chi connectivity index (χ2v) is 4.97. The number of benzene rings is 1. The second kappa shape index (κ2) is 7.22. The molecule has 0 aliphatic heterocycles. The van der Waals surface area contributed by atoms with Crippen LogP contribution in [0.25, 0.3) is 0 Å². The van der Waals surface area contributed by atoms with Gasteiger partial charge in [0.2, 0.25) is 0 Å². The van der Waals surface area contributed by atoms with Crippen LogP contribution in [0.2, 0.25) is 0 Å². The van der Waals surface area contributed by atoms with Crippen LogP contribution in [-0.4, -0.2) is 18.5 Å². The van der Waals surface area contributed by atoms with Gasteiger partial charge in [-0.1, -0.05) is 25.1 Å². The second-order valence-electron chi connectivity index (χ2n) is 4.97. The largest absolute Gasteiger partial charge is 0.468 e. The maximum Gasteiger partial charge on any atom is 0.127 e. The molecule has 1 heterocycles. The summed E-state index contributed by atoms with van der Waals surface area (Å²) < 4.78 is 19.1. The smallest absolute Gasteiger partial charge is 0.127 e. The van der Waals surface area contributed by atoms with E-state index < -0.39 is 0 Å². The monoisotopic (exact) mass is 276 g/mol. The molecule has 0 saturated carbocycles. The van der Waals surface area contributed by atoms with Gasteiger partial charge in [0.25, 0.3) is 0 Å². The zero-order chi connectivity index (χ0) is 14.4. The predicted octanol–water partition coefficient (Wildman–Crippen LogP) is 3.16. The number of halogens is 1. The van der Waals surface area contributed by atoms with Crippen LogP contribution in [0.3, 0.4) is 0 Å². The number of nitrogens with zero attached hydrogens (tertiary/aromatic N) is 1. The Balaban J connectivity index is 1.89. The van der Waals surface area contributed by atoms with E-state index in [1.807, 2.05) is 30.1 Å².